The second kappa shape index (κ2) is 17.5. The van der Waals surface area contributed by atoms with Gasteiger partial charge in [-0.3, -0.25) is 0 Å². The molecule has 11 rings (SSSR count). The highest BCUT2D eigenvalue weighted by Gasteiger charge is 2.22. The molecule has 0 fully saturated rings. The fraction of sp³-hybridized carbons (Fsp3) is 0.0339. The summed E-state index contributed by atoms with van der Waals surface area (Å²) in [7, 11) is 0. The smallest absolute Gasteiger partial charge is 0.150 e. The van der Waals surface area contributed by atoms with Crippen LogP contribution in [0.25, 0.3) is 76.9 Å². The van der Waals surface area contributed by atoms with Gasteiger partial charge >= 0.3 is 0 Å². The van der Waals surface area contributed by atoms with E-state index in [0.29, 0.717) is 5.84 Å². The van der Waals surface area contributed by atoms with Crippen LogP contribution < -0.4 is 11.6 Å². The van der Waals surface area contributed by atoms with Gasteiger partial charge in [-0.2, -0.15) is 5.10 Å². The molecular weight excluding hydrogens is 779 g/mol. The average molecular weight is 826 g/mol. The van der Waals surface area contributed by atoms with Gasteiger partial charge in [0.15, 0.2) is 0 Å². The van der Waals surface area contributed by atoms with E-state index >= 15 is 0 Å². The van der Waals surface area contributed by atoms with Crippen molar-refractivity contribution in [2.24, 2.45) is 16.7 Å². The van der Waals surface area contributed by atoms with Crippen molar-refractivity contribution >= 4 is 65.9 Å². The molecule has 10 aromatic rings. The lowest BCUT2D eigenvalue weighted by Gasteiger charge is -2.14. The van der Waals surface area contributed by atoms with Crippen molar-refractivity contribution in [1.82, 2.24) is 9.13 Å². The van der Waals surface area contributed by atoms with Gasteiger partial charge in [0.25, 0.3) is 0 Å². The van der Waals surface area contributed by atoms with Crippen LogP contribution in [-0.2, 0) is 6.42 Å². The Morgan fingerprint density at radius 1 is 0.547 bits per heavy atom. The maximum Gasteiger partial charge on any atom is 0.150 e. The average Bonchev–Trinajstić information content (AvgIpc) is 3.85. The van der Waals surface area contributed by atoms with Gasteiger partial charge in [0.1, 0.15) is 5.84 Å². The van der Waals surface area contributed by atoms with E-state index in [1.165, 1.54) is 76.6 Å². The third kappa shape index (κ3) is 7.61. The molecule has 64 heavy (non-hydrogen) atoms. The number of fused-ring (bicyclic) bond motifs is 8. The summed E-state index contributed by atoms with van der Waals surface area (Å²) >= 11 is 0. The molecule has 2 aromatic heterocycles. The van der Waals surface area contributed by atoms with E-state index in [4.69, 9.17) is 11.6 Å². The lowest BCUT2D eigenvalue weighted by Crippen LogP contribution is -2.14. The highest BCUT2D eigenvalue weighted by atomic mass is 15.2. The van der Waals surface area contributed by atoms with Gasteiger partial charge in [0.2, 0.25) is 0 Å². The van der Waals surface area contributed by atoms with Gasteiger partial charge in [0.05, 0.1) is 22.1 Å². The first-order valence-corrected chi connectivity index (χ1v) is 21.7. The number of hydrogen-bond donors (Lipinski definition) is 2. The molecule has 0 saturated carbocycles. The van der Waals surface area contributed by atoms with Gasteiger partial charge in [-0.15, -0.1) is 0 Å². The molecule has 2 heterocycles. The minimum Gasteiger partial charge on any atom is -0.382 e. The van der Waals surface area contributed by atoms with E-state index in [9.17, 15) is 0 Å². The number of amidine groups is 1. The molecule has 5 heteroatoms. The molecule has 0 bridgehead atoms. The third-order valence-electron chi connectivity index (χ3n) is 12.0. The molecule has 308 valence electrons. The van der Waals surface area contributed by atoms with Crippen molar-refractivity contribution in [3.8, 4) is 16.8 Å². The van der Waals surface area contributed by atoms with Crippen molar-refractivity contribution in [3.05, 3.63) is 253 Å². The van der Waals surface area contributed by atoms with Crippen LogP contribution in [0.3, 0.4) is 0 Å². The van der Waals surface area contributed by atoms with E-state index < -0.39 is 0 Å². The number of hydrogen-bond acceptors (Lipinski definition) is 2. The number of aromatic nitrogens is 2. The Balaban J connectivity index is 0.000000430. The standard InChI is InChI=1S/C52H38N2.C7H9N3/c1-36-18-6-2-9-21-38(31-37-19-7-3-8-20-37)32-41(30-36)53-49-29-17-16-27-43(49)46-34-47-48-33-45(39-22-10-4-11-23-39)42-26-14-15-28-44(42)52(48)54(51(47)35-50(46)53)40-24-12-5-13-25-40;8-7(10-9)6-4-2-1-3-5-6/h2-20,22-30,32-35H,1,21,31H2;1-5H,9H2,(H2,8,10)/b9-2-,18-6-,38-32+,41-30+;. The van der Waals surface area contributed by atoms with Crippen LogP contribution in [0.15, 0.2) is 247 Å². The van der Waals surface area contributed by atoms with Gasteiger partial charge in [-0.05, 0) is 89.0 Å². The summed E-state index contributed by atoms with van der Waals surface area (Å²) in [5.74, 6) is 5.33. The van der Waals surface area contributed by atoms with Crippen LogP contribution in [0, 0.1) is 0 Å². The number of benzene rings is 8. The first-order valence-electron chi connectivity index (χ1n) is 21.7. The predicted octanol–water partition coefficient (Wildman–Crippen LogP) is 14.1. The van der Waals surface area contributed by atoms with Crippen molar-refractivity contribution in [2.75, 3.05) is 0 Å². The quantitative estimate of drug-likeness (QED) is 0.0758. The highest BCUT2D eigenvalue weighted by molar-refractivity contribution is 6.25. The number of nitrogens with two attached hydrogens (primary N) is 2. The Morgan fingerprint density at radius 3 is 1.89 bits per heavy atom. The molecule has 1 aliphatic carbocycles. The van der Waals surface area contributed by atoms with Crippen molar-refractivity contribution in [2.45, 2.75) is 12.8 Å². The van der Waals surface area contributed by atoms with E-state index in [1.54, 1.807) is 0 Å². The van der Waals surface area contributed by atoms with E-state index in [-0.39, 0.29) is 0 Å². The molecule has 0 atom stereocenters. The molecule has 0 radical (unpaired) electrons. The van der Waals surface area contributed by atoms with Crippen molar-refractivity contribution in [3.63, 3.8) is 0 Å². The molecule has 0 amide bonds. The lowest BCUT2D eigenvalue weighted by molar-refractivity contribution is 1.06. The molecule has 0 saturated heterocycles. The molecule has 0 unspecified atom stereocenters. The second-order valence-electron chi connectivity index (χ2n) is 16.1. The summed E-state index contributed by atoms with van der Waals surface area (Å²) in [4.78, 5) is 0. The van der Waals surface area contributed by atoms with Gasteiger partial charge in [-0.1, -0.05) is 188 Å². The molecule has 0 spiro atoms. The fourth-order valence-electron chi connectivity index (χ4n) is 9.13. The third-order valence-corrected chi connectivity index (χ3v) is 12.0. The zero-order valence-corrected chi connectivity index (χ0v) is 35.5. The Hall–Kier alpha value is -8.41. The Morgan fingerprint density at radius 2 is 1.16 bits per heavy atom. The number of rotatable bonds is 6. The molecule has 5 nitrogen and oxygen atoms in total. The minimum absolute atomic E-state index is 0.362. The summed E-state index contributed by atoms with van der Waals surface area (Å²) in [5.41, 5.74) is 19.3. The summed E-state index contributed by atoms with van der Waals surface area (Å²) < 4.78 is 4.94. The maximum absolute atomic E-state index is 5.42. The highest BCUT2D eigenvalue weighted by Crippen LogP contribution is 2.44. The molecule has 1 aliphatic rings. The monoisotopic (exact) mass is 825 g/mol. The first-order chi connectivity index (χ1) is 31.6. The molecule has 4 N–H and O–H groups in total. The van der Waals surface area contributed by atoms with Gasteiger partial charge < -0.3 is 20.7 Å². The molecule has 8 aromatic carbocycles. The van der Waals surface area contributed by atoms with Crippen LogP contribution in [0.1, 0.15) is 17.5 Å². The zero-order valence-electron chi connectivity index (χ0n) is 35.5. The minimum atomic E-state index is 0.362. The topological polar surface area (TPSA) is 74.3 Å². The predicted molar refractivity (Wildman–Crippen MR) is 273 cm³/mol. The maximum atomic E-state index is 5.42. The van der Waals surface area contributed by atoms with Gasteiger partial charge in [-0.25, -0.2) is 0 Å². The van der Waals surface area contributed by atoms with Crippen LogP contribution >= 0.6 is 0 Å². The van der Waals surface area contributed by atoms with E-state index in [2.05, 4.69) is 215 Å². The summed E-state index contributed by atoms with van der Waals surface area (Å²) in [6.45, 7) is 4.47. The fourth-order valence-corrected chi connectivity index (χ4v) is 9.13. The Kier molecular flexibility index (Phi) is 10.9. The molecule has 0 aliphatic heterocycles. The van der Waals surface area contributed by atoms with Crippen molar-refractivity contribution in [1.29, 1.82) is 0 Å². The Labute approximate surface area is 373 Å². The van der Waals surface area contributed by atoms with Crippen LogP contribution in [0.4, 0.5) is 0 Å². The van der Waals surface area contributed by atoms with Crippen molar-refractivity contribution < 1.29 is 0 Å². The number of allylic oxidation sites excluding steroid dienone is 9. The first kappa shape index (κ1) is 39.7. The zero-order chi connectivity index (χ0) is 43.4. The van der Waals surface area contributed by atoms with Crippen LogP contribution in [-0.4, -0.2) is 15.0 Å². The van der Waals surface area contributed by atoms with Gasteiger partial charge in [0, 0.05) is 43.9 Å². The number of para-hydroxylation sites is 2. The lowest BCUT2D eigenvalue weighted by atomic mass is 9.95. The van der Waals surface area contributed by atoms with Crippen LogP contribution in [0.2, 0.25) is 0 Å². The Bertz CT molecular complexity index is 3490. The van der Waals surface area contributed by atoms with Crippen LogP contribution in [0.5, 0.6) is 0 Å². The summed E-state index contributed by atoms with van der Waals surface area (Å²) in [5, 5.41) is 10.8. The largest absolute Gasteiger partial charge is 0.382 e. The van der Waals surface area contributed by atoms with E-state index in [1.807, 2.05) is 30.3 Å². The number of hydrazone groups is 1. The molecular formula is C59H47N5. The summed E-state index contributed by atoms with van der Waals surface area (Å²) in [6, 6.07) is 66.8. The summed E-state index contributed by atoms with van der Waals surface area (Å²) in [6.07, 6.45) is 15.0. The SMILES string of the molecule is C=C1/C=C\C=C/C/C(Cc2ccccc2)=C\C(n2c3ccccc3c3cc4c5cc(-c6ccccc6)c6ccccc6c5n(-c5ccccc5)c4cc32)=C/1.N/N=C(\N)c1ccccc1. The number of nitrogens with zero attached hydrogens (tertiary/aromatic N) is 3. The second-order valence-corrected chi connectivity index (χ2v) is 16.1. The van der Waals surface area contributed by atoms with E-state index in [0.717, 1.165) is 35.4 Å². The normalized spacial score (nSPS) is 15.9.